The zero-order chi connectivity index (χ0) is 14.8. The fraction of sp³-hybridized carbons (Fsp3) is 0.364. The summed E-state index contributed by atoms with van der Waals surface area (Å²) in [5.41, 5.74) is -1.15. The average molecular weight is 291 g/mol. The standard InChI is InChI=1S/C11H14FNO5S/c1-11(2,3)18-13-19(16,17)9-6-7(10(14)15)4-5-8(9)12/h4-6,13H,1-3H3,(H,14,15). The molecule has 0 atom stereocenters. The van der Waals surface area contributed by atoms with E-state index in [1.807, 2.05) is 0 Å². The Morgan fingerprint density at radius 2 is 1.95 bits per heavy atom. The molecule has 19 heavy (non-hydrogen) atoms. The zero-order valence-electron chi connectivity index (χ0n) is 10.6. The highest BCUT2D eigenvalue weighted by atomic mass is 32.2. The molecule has 0 radical (unpaired) electrons. The van der Waals surface area contributed by atoms with Crippen molar-refractivity contribution < 1.29 is 27.5 Å². The van der Waals surface area contributed by atoms with Gasteiger partial charge < -0.3 is 5.11 Å². The SMILES string of the molecule is CC(C)(C)ONS(=O)(=O)c1cc(C(=O)O)ccc1F. The van der Waals surface area contributed by atoms with Crippen LogP contribution in [0, 0.1) is 5.82 Å². The van der Waals surface area contributed by atoms with Gasteiger partial charge in [0.15, 0.2) is 0 Å². The Morgan fingerprint density at radius 3 is 2.42 bits per heavy atom. The number of halogens is 1. The first-order valence-corrected chi connectivity index (χ1v) is 6.74. The van der Waals surface area contributed by atoms with Crippen LogP contribution >= 0.6 is 0 Å². The maximum absolute atomic E-state index is 13.5. The third kappa shape index (κ3) is 4.27. The van der Waals surface area contributed by atoms with E-state index >= 15 is 0 Å². The number of benzene rings is 1. The highest BCUT2D eigenvalue weighted by Gasteiger charge is 2.23. The third-order valence-corrected chi connectivity index (χ3v) is 3.12. The van der Waals surface area contributed by atoms with Crippen LogP contribution in [0.5, 0.6) is 0 Å². The molecule has 1 aromatic carbocycles. The second-order valence-electron chi connectivity index (χ2n) is 4.75. The second kappa shape index (κ2) is 5.24. The van der Waals surface area contributed by atoms with Crippen LogP contribution in [-0.2, 0) is 14.9 Å². The number of rotatable bonds is 4. The Hall–Kier alpha value is -1.51. The van der Waals surface area contributed by atoms with Crippen LogP contribution < -0.4 is 4.89 Å². The minimum Gasteiger partial charge on any atom is -0.478 e. The molecule has 0 saturated heterocycles. The lowest BCUT2D eigenvalue weighted by Crippen LogP contribution is -2.34. The van der Waals surface area contributed by atoms with E-state index in [0.717, 1.165) is 18.2 Å². The van der Waals surface area contributed by atoms with Crippen LogP contribution in [0.15, 0.2) is 23.1 Å². The van der Waals surface area contributed by atoms with Gasteiger partial charge in [0, 0.05) is 0 Å². The lowest BCUT2D eigenvalue weighted by molar-refractivity contribution is -0.0358. The van der Waals surface area contributed by atoms with Crippen molar-refractivity contribution in [2.24, 2.45) is 0 Å². The third-order valence-electron chi connectivity index (χ3n) is 1.93. The Kier molecular flexibility index (Phi) is 4.28. The molecule has 1 aromatic rings. The summed E-state index contributed by atoms with van der Waals surface area (Å²) in [6, 6.07) is 2.47. The Bertz CT molecular complexity index is 592. The minimum absolute atomic E-state index is 0.336. The quantitative estimate of drug-likeness (QED) is 0.821. The summed E-state index contributed by atoms with van der Waals surface area (Å²) >= 11 is 0. The molecule has 0 fully saturated rings. The van der Waals surface area contributed by atoms with Gasteiger partial charge in [0.05, 0.1) is 11.2 Å². The van der Waals surface area contributed by atoms with Crippen LogP contribution in [-0.4, -0.2) is 25.1 Å². The van der Waals surface area contributed by atoms with Crippen molar-refractivity contribution in [1.29, 1.82) is 0 Å². The van der Waals surface area contributed by atoms with E-state index in [2.05, 4.69) is 0 Å². The maximum Gasteiger partial charge on any atom is 0.335 e. The van der Waals surface area contributed by atoms with Gasteiger partial charge in [0.1, 0.15) is 10.7 Å². The van der Waals surface area contributed by atoms with Gasteiger partial charge in [-0.2, -0.15) is 0 Å². The molecule has 106 valence electrons. The van der Waals surface area contributed by atoms with E-state index in [1.54, 1.807) is 25.7 Å². The van der Waals surface area contributed by atoms with E-state index in [0.29, 0.717) is 0 Å². The molecule has 1 rings (SSSR count). The summed E-state index contributed by atoms with van der Waals surface area (Å²) in [6.45, 7) is 4.79. The molecule has 2 N–H and O–H groups in total. The molecule has 0 heterocycles. The largest absolute Gasteiger partial charge is 0.478 e. The minimum atomic E-state index is -4.29. The number of sulfonamides is 1. The summed E-state index contributed by atoms with van der Waals surface area (Å²) in [7, 11) is -4.29. The number of carboxylic acids is 1. The Balaban J connectivity index is 3.14. The first-order valence-electron chi connectivity index (χ1n) is 5.25. The average Bonchev–Trinajstić information content (AvgIpc) is 2.25. The van der Waals surface area contributed by atoms with Crippen LogP contribution in [0.2, 0.25) is 0 Å². The van der Waals surface area contributed by atoms with Gasteiger partial charge in [0.25, 0.3) is 10.0 Å². The number of carboxylic acid groups (broad SMARTS) is 1. The summed E-state index contributed by atoms with van der Waals surface area (Å²) in [5.74, 6) is -2.41. The van der Waals surface area contributed by atoms with Gasteiger partial charge in [-0.15, -0.1) is 0 Å². The fourth-order valence-corrected chi connectivity index (χ4v) is 2.12. The molecule has 0 bridgehead atoms. The molecule has 0 saturated carbocycles. The van der Waals surface area contributed by atoms with E-state index in [9.17, 15) is 17.6 Å². The molecule has 0 spiro atoms. The summed E-state index contributed by atoms with van der Waals surface area (Å²) < 4.78 is 37.1. The van der Waals surface area contributed by atoms with Gasteiger partial charge in [-0.05, 0) is 39.0 Å². The predicted molar refractivity (Wildman–Crippen MR) is 64.5 cm³/mol. The molecule has 8 heteroatoms. The molecule has 0 amide bonds. The van der Waals surface area contributed by atoms with Gasteiger partial charge >= 0.3 is 5.97 Å². The molecule has 0 unspecified atom stereocenters. The smallest absolute Gasteiger partial charge is 0.335 e. The molecule has 0 aromatic heterocycles. The van der Waals surface area contributed by atoms with Crippen molar-refractivity contribution >= 4 is 16.0 Å². The Morgan fingerprint density at radius 1 is 1.37 bits per heavy atom. The highest BCUT2D eigenvalue weighted by molar-refractivity contribution is 7.89. The fourth-order valence-electron chi connectivity index (χ4n) is 1.07. The van der Waals surface area contributed by atoms with Crippen LogP contribution in [0.25, 0.3) is 0 Å². The van der Waals surface area contributed by atoms with Crippen molar-refractivity contribution in [1.82, 2.24) is 4.89 Å². The van der Waals surface area contributed by atoms with Crippen molar-refractivity contribution in [2.75, 3.05) is 0 Å². The number of hydrogen-bond donors (Lipinski definition) is 2. The Labute approximate surface area is 110 Å². The van der Waals surface area contributed by atoms with Gasteiger partial charge in [-0.3, -0.25) is 4.84 Å². The van der Waals surface area contributed by atoms with Crippen molar-refractivity contribution in [3.05, 3.63) is 29.6 Å². The summed E-state index contributed by atoms with van der Waals surface area (Å²) in [6.07, 6.45) is 0. The van der Waals surface area contributed by atoms with Crippen LogP contribution in [0.1, 0.15) is 31.1 Å². The molecule has 6 nitrogen and oxygen atoms in total. The number of carbonyl (C=O) groups is 1. The first-order chi connectivity index (χ1) is 8.53. The summed E-state index contributed by atoms with van der Waals surface area (Å²) in [5, 5.41) is 8.76. The first kappa shape index (κ1) is 15.5. The normalized spacial score (nSPS) is 12.4. The molecule has 0 aliphatic rings. The molecule has 0 aliphatic carbocycles. The highest BCUT2D eigenvalue weighted by Crippen LogP contribution is 2.17. The number of hydrogen-bond acceptors (Lipinski definition) is 4. The predicted octanol–water partition coefficient (Wildman–Crippen LogP) is 1.53. The van der Waals surface area contributed by atoms with Crippen LogP contribution in [0.4, 0.5) is 4.39 Å². The number of aromatic carboxylic acids is 1. The molecule has 0 aliphatic heterocycles. The second-order valence-corrected chi connectivity index (χ2v) is 6.36. The van der Waals surface area contributed by atoms with E-state index in [-0.39, 0.29) is 5.56 Å². The van der Waals surface area contributed by atoms with Crippen molar-refractivity contribution in [2.45, 2.75) is 31.3 Å². The number of nitrogens with one attached hydrogen (secondary N) is 1. The lowest BCUT2D eigenvalue weighted by Gasteiger charge is -2.19. The van der Waals surface area contributed by atoms with Gasteiger partial charge in [-0.25, -0.2) is 17.6 Å². The monoisotopic (exact) mass is 291 g/mol. The summed E-state index contributed by atoms with van der Waals surface area (Å²) in [4.78, 5) is 16.6. The van der Waals surface area contributed by atoms with E-state index in [1.165, 1.54) is 0 Å². The molecular weight excluding hydrogens is 277 g/mol. The topological polar surface area (TPSA) is 92.7 Å². The lowest BCUT2D eigenvalue weighted by atomic mass is 10.2. The maximum atomic E-state index is 13.5. The van der Waals surface area contributed by atoms with E-state index in [4.69, 9.17) is 9.94 Å². The van der Waals surface area contributed by atoms with Gasteiger partial charge in [0.2, 0.25) is 0 Å². The van der Waals surface area contributed by atoms with Crippen LogP contribution in [0.3, 0.4) is 0 Å². The van der Waals surface area contributed by atoms with E-state index < -0.39 is 32.3 Å². The molecular formula is C11H14FNO5S. The van der Waals surface area contributed by atoms with Crippen molar-refractivity contribution in [3.8, 4) is 0 Å². The van der Waals surface area contributed by atoms with Crippen molar-refractivity contribution in [3.63, 3.8) is 0 Å². The zero-order valence-corrected chi connectivity index (χ0v) is 11.4. The van der Waals surface area contributed by atoms with Gasteiger partial charge in [-0.1, -0.05) is 4.89 Å².